The highest BCUT2D eigenvalue weighted by atomic mass is 16.5. The first-order valence-electron chi connectivity index (χ1n) is 6.13. The Morgan fingerprint density at radius 3 is 2.50 bits per heavy atom. The van der Waals surface area contributed by atoms with Crippen molar-refractivity contribution in [3.8, 4) is 0 Å². The Bertz CT molecular complexity index is 498. The molecule has 0 radical (unpaired) electrons. The number of carboxylic acid groups (broad SMARTS) is 1. The first kappa shape index (κ1) is 16.0. The SMILES string of the molecule is COC(CNC(=O)NCc1c(C)nn(C)c1C)C(=O)O. The maximum absolute atomic E-state index is 11.6. The van der Waals surface area contributed by atoms with Crippen LogP contribution in [-0.2, 0) is 23.1 Å². The summed E-state index contributed by atoms with van der Waals surface area (Å²) in [6.07, 6.45) is -1.05. The largest absolute Gasteiger partial charge is 0.479 e. The lowest BCUT2D eigenvalue weighted by atomic mass is 10.2. The quantitative estimate of drug-likeness (QED) is 0.678. The molecule has 0 aliphatic rings. The number of methoxy groups -OCH3 is 1. The number of hydrogen-bond acceptors (Lipinski definition) is 4. The maximum Gasteiger partial charge on any atom is 0.334 e. The van der Waals surface area contributed by atoms with Crippen molar-refractivity contribution in [1.29, 1.82) is 0 Å². The van der Waals surface area contributed by atoms with Gasteiger partial charge < -0.3 is 20.5 Å². The number of aliphatic carboxylic acids is 1. The van der Waals surface area contributed by atoms with Crippen molar-refractivity contribution in [3.63, 3.8) is 0 Å². The van der Waals surface area contributed by atoms with E-state index in [-0.39, 0.29) is 6.54 Å². The molecule has 3 N–H and O–H groups in total. The number of aromatic nitrogens is 2. The molecule has 8 heteroatoms. The van der Waals surface area contributed by atoms with E-state index < -0.39 is 18.1 Å². The molecule has 0 aliphatic heterocycles. The van der Waals surface area contributed by atoms with Crippen molar-refractivity contribution >= 4 is 12.0 Å². The van der Waals surface area contributed by atoms with Crippen molar-refractivity contribution in [1.82, 2.24) is 20.4 Å². The standard InChI is InChI=1S/C12H20N4O4/c1-7-9(8(2)16(3)15-7)5-13-12(19)14-6-10(20-4)11(17)18/h10H,5-6H2,1-4H3,(H,17,18)(H2,13,14,19). The average molecular weight is 284 g/mol. The fraction of sp³-hybridized carbons (Fsp3) is 0.583. The van der Waals surface area contributed by atoms with Crippen LogP contribution in [0.25, 0.3) is 0 Å². The van der Waals surface area contributed by atoms with Gasteiger partial charge in [0.1, 0.15) is 0 Å². The van der Waals surface area contributed by atoms with E-state index in [0.29, 0.717) is 6.54 Å². The molecule has 112 valence electrons. The molecule has 20 heavy (non-hydrogen) atoms. The summed E-state index contributed by atoms with van der Waals surface area (Å²) in [5.74, 6) is -1.12. The molecular formula is C12H20N4O4. The van der Waals surface area contributed by atoms with E-state index in [4.69, 9.17) is 9.84 Å². The van der Waals surface area contributed by atoms with Gasteiger partial charge in [-0.3, -0.25) is 4.68 Å². The van der Waals surface area contributed by atoms with E-state index >= 15 is 0 Å². The minimum Gasteiger partial charge on any atom is -0.479 e. The summed E-state index contributed by atoms with van der Waals surface area (Å²) in [6.45, 7) is 4.03. The summed E-state index contributed by atoms with van der Waals surface area (Å²) in [4.78, 5) is 22.3. The number of amides is 2. The molecule has 1 atom stereocenters. The van der Waals surface area contributed by atoms with Crippen LogP contribution in [0.1, 0.15) is 17.0 Å². The van der Waals surface area contributed by atoms with Gasteiger partial charge >= 0.3 is 12.0 Å². The zero-order valence-corrected chi connectivity index (χ0v) is 12.1. The van der Waals surface area contributed by atoms with Crippen LogP contribution in [0, 0.1) is 13.8 Å². The van der Waals surface area contributed by atoms with Gasteiger partial charge in [-0.05, 0) is 13.8 Å². The number of carbonyl (C=O) groups is 2. The van der Waals surface area contributed by atoms with Gasteiger partial charge in [0, 0.05) is 32.0 Å². The summed E-state index contributed by atoms with van der Waals surface area (Å²) in [6, 6.07) is -0.448. The molecule has 2 amide bonds. The van der Waals surface area contributed by atoms with Gasteiger partial charge in [0.15, 0.2) is 6.10 Å². The van der Waals surface area contributed by atoms with Gasteiger partial charge in [-0.25, -0.2) is 9.59 Å². The number of carbonyl (C=O) groups excluding carboxylic acids is 1. The van der Waals surface area contributed by atoms with Crippen LogP contribution in [0.15, 0.2) is 0 Å². The molecule has 1 aromatic rings. The Balaban J connectivity index is 2.46. The Morgan fingerprint density at radius 1 is 1.40 bits per heavy atom. The summed E-state index contributed by atoms with van der Waals surface area (Å²) >= 11 is 0. The molecule has 0 fully saturated rings. The first-order chi connectivity index (χ1) is 9.36. The molecule has 0 spiro atoms. The molecule has 0 saturated carbocycles. The van der Waals surface area contributed by atoms with Crippen molar-refractivity contribution in [2.45, 2.75) is 26.5 Å². The van der Waals surface area contributed by atoms with E-state index in [2.05, 4.69) is 15.7 Å². The van der Waals surface area contributed by atoms with E-state index in [1.54, 1.807) is 4.68 Å². The Morgan fingerprint density at radius 2 is 2.05 bits per heavy atom. The monoisotopic (exact) mass is 284 g/mol. The molecule has 0 aliphatic carbocycles. The van der Waals surface area contributed by atoms with Gasteiger partial charge in [-0.15, -0.1) is 0 Å². The Labute approximate surface area is 117 Å². The van der Waals surface area contributed by atoms with Crippen LogP contribution < -0.4 is 10.6 Å². The molecule has 1 heterocycles. The molecule has 1 rings (SSSR count). The average Bonchev–Trinajstić information content (AvgIpc) is 2.61. The Hall–Kier alpha value is -2.09. The summed E-state index contributed by atoms with van der Waals surface area (Å²) < 4.78 is 6.46. The second-order valence-electron chi connectivity index (χ2n) is 4.40. The van der Waals surface area contributed by atoms with Crippen molar-refractivity contribution < 1.29 is 19.4 Å². The summed E-state index contributed by atoms with van der Waals surface area (Å²) in [7, 11) is 3.11. The van der Waals surface area contributed by atoms with Crippen LogP contribution >= 0.6 is 0 Å². The molecule has 0 saturated heterocycles. The van der Waals surface area contributed by atoms with E-state index in [0.717, 1.165) is 17.0 Å². The normalized spacial score (nSPS) is 12.0. The van der Waals surface area contributed by atoms with Crippen LogP contribution in [0.5, 0.6) is 0 Å². The highest BCUT2D eigenvalue weighted by molar-refractivity contribution is 5.76. The predicted octanol–water partition coefficient (Wildman–Crippen LogP) is -0.0643. The van der Waals surface area contributed by atoms with Crippen LogP contribution in [0.2, 0.25) is 0 Å². The highest BCUT2D eigenvalue weighted by Crippen LogP contribution is 2.10. The maximum atomic E-state index is 11.6. The zero-order chi connectivity index (χ0) is 15.3. The van der Waals surface area contributed by atoms with E-state index in [1.165, 1.54) is 7.11 Å². The van der Waals surface area contributed by atoms with Crippen LogP contribution in [0.4, 0.5) is 4.79 Å². The number of ether oxygens (including phenoxy) is 1. The van der Waals surface area contributed by atoms with Crippen molar-refractivity contribution in [2.24, 2.45) is 7.05 Å². The number of nitrogens with one attached hydrogen (secondary N) is 2. The number of rotatable bonds is 6. The second-order valence-corrected chi connectivity index (χ2v) is 4.40. The lowest BCUT2D eigenvalue weighted by molar-refractivity contribution is -0.147. The van der Waals surface area contributed by atoms with E-state index in [1.807, 2.05) is 20.9 Å². The molecule has 0 aromatic carbocycles. The second kappa shape index (κ2) is 6.90. The van der Waals surface area contributed by atoms with Gasteiger partial charge in [0.2, 0.25) is 0 Å². The fourth-order valence-corrected chi connectivity index (χ4v) is 1.76. The third-order valence-corrected chi connectivity index (χ3v) is 3.09. The molecular weight excluding hydrogens is 264 g/mol. The minimum atomic E-state index is -1.12. The summed E-state index contributed by atoms with van der Waals surface area (Å²) in [5.41, 5.74) is 2.78. The van der Waals surface area contributed by atoms with Gasteiger partial charge in [-0.2, -0.15) is 5.10 Å². The van der Waals surface area contributed by atoms with Gasteiger partial charge in [-0.1, -0.05) is 0 Å². The number of nitrogens with zero attached hydrogens (tertiary/aromatic N) is 2. The number of urea groups is 1. The number of hydrogen-bond donors (Lipinski definition) is 3. The topological polar surface area (TPSA) is 105 Å². The molecule has 8 nitrogen and oxygen atoms in total. The summed E-state index contributed by atoms with van der Waals surface area (Å²) in [5, 5.41) is 18.1. The lowest BCUT2D eigenvalue weighted by Gasteiger charge is -2.12. The predicted molar refractivity (Wildman–Crippen MR) is 71.4 cm³/mol. The smallest absolute Gasteiger partial charge is 0.334 e. The third kappa shape index (κ3) is 3.95. The van der Waals surface area contributed by atoms with Crippen LogP contribution in [0.3, 0.4) is 0 Å². The van der Waals surface area contributed by atoms with Gasteiger partial charge in [0.25, 0.3) is 0 Å². The highest BCUT2D eigenvalue weighted by Gasteiger charge is 2.17. The third-order valence-electron chi connectivity index (χ3n) is 3.09. The fourth-order valence-electron chi connectivity index (χ4n) is 1.76. The Kier molecular flexibility index (Phi) is 5.51. The molecule has 1 aromatic heterocycles. The minimum absolute atomic E-state index is 0.0946. The lowest BCUT2D eigenvalue weighted by Crippen LogP contribution is -2.42. The van der Waals surface area contributed by atoms with Crippen molar-refractivity contribution in [3.05, 3.63) is 17.0 Å². The van der Waals surface area contributed by atoms with E-state index in [9.17, 15) is 9.59 Å². The molecule has 1 unspecified atom stereocenters. The number of aryl methyl sites for hydroxylation is 2. The van der Waals surface area contributed by atoms with Crippen LogP contribution in [-0.4, -0.2) is 46.6 Å². The molecule has 0 bridgehead atoms. The first-order valence-corrected chi connectivity index (χ1v) is 6.13. The zero-order valence-electron chi connectivity index (χ0n) is 12.1. The van der Waals surface area contributed by atoms with Gasteiger partial charge in [0.05, 0.1) is 12.2 Å². The van der Waals surface area contributed by atoms with Crippen molar-refractivity contribution in [2.75, 3.05) is 13.7 Å². The number of carboxylic acids is 1.